The van der Waals surface area contributed by atoms with Crippen LogP contribution in [-0.2, 0) is 0 Å². The summed E-state index contributed by atoms with van der Waals surface area (Å²) in [5, 5.41) is 6.63. The predicted molar refractivity (Wildman–Crippen MR) is 99.1 cm³/mol. The molecule has 20 heavy (non-hydrogen) atoms. The second kappa shape index (κ2) is 11.6. The minimum Gasteiger partial charge on any atom is -0.357 e. The first-order valence-electron chi connectivity index (χ1n) is 7.89. The van der Waals surface area contributed by atoms with Crippen molar-refractivity contribution in [2.75, 3.05) is 32.7 Å². The number of halogens is 1. The van der Waals surface area contributed by atoms with Crippen molar-refractivity contribution >= 4 is 29.9 Å². The lowest BCUT2D eigenvalue weighted by atomic mass is 9.99. The molecule has 1 heterocycles. The van der Waals surface area contributed by atoms with Gasteiger partial charge in [0.05, 0.1) is 0 Å². The second-order valence-corrected chi connectivity index (χ2v) is 5.94. The van der Waals surface area contributed by atoms with Gasteiger partial charge in [-0.2, -0.15) is 0 Å². The third kappa shape index (κ3) is 9.00. The molecule has 0 unspecified atom stereocenters. The van der Waals surface area contributed by atoms with Crippen LogP contribution in [0.1, 0.15) is 47.0 Å². The topological polar surface area (TPSA) is 39.7 Å². The zero-order valence-corrected chi connectivity index (χ0v) is 15.9. The maximum atomic E-state index is 4.62. The van der Waals surface area contributed by atoms with E-state index in [1.54, 1.807) is 0 Å². The third-order valence-electron chi connectivity index (χ3n) is 3.55. The Morgan fingerprint density at radius 3 is 2.50 bits per heavy atom. The van der Waals surface area contributed by atoms with E-state index < -0.39 is 0 Å². The number of guanidine groups is 1. The fourth-order valence-electron chi connectivity index (χ4n) is 2.36. The Bertz CT molecular complexity index is 261. The number of nitrogens with zero attached hydrogens (tertiary/aromatic N) is 2. The number of piperidine rings is 1. The molecule has 1 rings (SSSR count). The maximum Gasteiger partial charge on any atom is 0.191 e. The Morgan fingerprint density at radius 1 is 1.30 bits per heavy atom. The number of nitrogens with one attached hydrogen (secondary N) is 2. The zero-order chi connectivity index (χ0) is 14.1. The lowest BCUT2D eigenvalue weighted by Crippen LogP contribution is -2.41. The van der Waals surface area contributed by atoms with E-state index >= 15 is 0 Å². The van der Waals surface area contributed by atoms with Crippen LogP contribution < -0.4 is 10.6 Å². The fourth-order valence-corrected chi connectivity index (χ4v) is 2.36. The van der Waals surface area contributed by atoms with E-state index in [2.05, 4.69) is 48.2 Å². The summed E-state index contributed by atoms with van der Waals surface area (Å²) in [4.78, 5) is 7.20. The quantitative estimate of drug-likeness (QED) is 0.314. The van der Waals surface area contributed by atoms with Crippen molar-refractivity contribution < 1.29 is 0 Å². The average Bonchev–Trinajstić information content (AvgIpc) is 2.36. The zero-order valence-electron chi connectivity index (χ0n) is 13.6. The molecule has 0 saturated carbocycles. The number of hydrogen-bond donors (Lipinski definition) is 2. The molecule has 2 N–H and O–H groups in total. The van der Waals surface area contributed by atoms with Crippen LogP contribution in [0.3, 0.4) is 0 Å². The molecule has 5 heteroatoms. The van der Waals surface area contributed by atoms with Gasteiger partial charge in [0.25, 0.3) is 0 Å². The lowest BCUT2D eigenvalue weighted by Gasteiger charge is -2.29. The van der Waals surface area contributed by atoms with Gasteiger partial charge in [0, 0.05) is 19.1 Å². The fraction of sp³-hybridized carbons (Fsp3) is 0.933. The smallest absolute Gasteiger partial charge is 0.191 e. The van der Waals surface area contributed by atoms with Crippen molar-refractivity contribution in [3.8, 4) is 0 Å². The molecule has 0 bridgehead atoms. The van der Waals surface area contributed by atoms with Gasteiger partial charge in [-0.1, -0.05) is 6.92 Å². The SMILES string of the molecule is CCNC(=NCCCN1CCC(C)CC1)NC(C)C.I. The highest BCUT2D eigenvalue weighted by Crippen LogP contribution is 2.15. The molecule has 0 radical (unpaired) electrons. The van der Waals surface area contributed by atoms with Crippen molar-refractivity contribution in [3.05, 3.63) is 0 Å². The Hall–Kier alpha value is -0.0400. The van der Waals surface area contributed by atoms with Gasteiger partial charge in [-0.05, 0) is 65.6 Å². The Balaban J connectivity index is 0.00000361. The van der Waals surface area contributed by atoms with Crippen LogP contribution >= 0.6 is 24.0 Å². The van der Waals surface area contributed by atoms with E-state index in [0.717, 1.165) is 31.4 Å². The summed E-state index contributed by atoms with van der Waals surface area (Å²) < 4.78 is 0. The summed E-state index contributed by atoms with van der Waals surface area (Å²) in [7, 11) is 0. The molecule has 1 fully saturated rings. The highest BCUT2D eigenvalue weighted by atomic mass is 127. The van der Waals surface area contributed by atoms with E-state index in [-0.39, 0.29) is 24.0 Å². The second-order valence-electron chi connectivity index (χ2n) is 5.94. The van der Waals surface area contributed by atoms with Crippen LogP contribution in [0.15, 0.2) is 4.99 Å². The van der Waals surface area contributed by atoms with E-state index in [1.807, 2.05) is 0 Å². The van der Waals surface area contributed by atoms with E-state index in [9.17, 15) is 0 Å². The van der Waals surface area contributed by atoms with Crippen LogP contribution in [0.25, 0.3) is 0 Å². The van der Waals surface area contributed by atoms with E-state index in [1.165, 1.54) is 32.5 Å². The van der Waals surface area contributed by atoms with E-state index in [4.69, 9.17) is 0 Å². The van der Waals surface area contributed by atoms with Gasteiger partial charge < -0.3 is 15.5 Å². The summed E-state index contributed by atoms with van der Waals surface area (Å²) >= 11 is 0. The first-order chi connectivity index (χ1) is 9.11. The molecule has 0 aromatic carbocycles. The minimum absolute atomic E-state index is 0. The van der Waals surface area contributed by atoms with Gasteiger partial charge in [-0.3, -0.25) is 4.99 Å². The maximum absolute atomic E-state index is 4.62. The average molecular weight is 396 g/mol. The van der Waals surface area contributed by atoms with Gasteiger partial charge in [-0.25, -0.2) is 0 Å². The Kier molecular flexibility index (Phi) is 11.6. The highest BCUT2D eigenvalue weighted by Gasteiger charge is 2.14. The molecule has 0 aromatic heterocycles. The van der Waals surface area contributed by atoms with Gasteiger partial charge >= 0.3 is 0 Å². The first-order valence-corrected chi connectivity index (χ1v) is 7.89. The van der Waals surface area contributed by atoms with Crippen molar-refractivity contribution in [3.63, 3.8) is 0 Å². The van der Waals surface area contributed by atoms with Gasteiger partial charge in [0.1, 0.15) is 0 Å². The molecule has 1 saturated heterocycles. The molecule has 120 valence electrons. The molecular weight excluding hydrogens is 363 g/mol. The lowest BCUT2D eigenvalue weighted by molar-refractivity contribution is 0.192. The summed E-state index contributed by atoms with van der Waals surface area (Å²) in [6.45, 7) is 14.3. The third-order valence-corrected chi connectivity index (χ3v) is 3.55. The summed E-state index contributed by atoms with van der Waals surface area (Å²) in [5.74, 6) is 1.87. The summed E-state index contributed by atoms with van der Waals surface area (Å²) in [5.41, 5.74) is 0. The van der Waals surface area contributed by atoms with Crippen molar-refractivity contribution in [1.29, 1.82) is 0 Å². The van der Waals surface area contributed by atoms with Crippen LogP contribution in [0.2, 0.25) is 0 Å². The van der Waals surface area contributed by atoms with Crippen LogP contribution in [0.5, 0.6) is 0 Å². The highest BCUT2D eigenvalue weighted by molar-refractivity contribution is 14.0. The van der Waals surface area contributed by atoms with E-state index in [0.29, 0.717) is 6.04 Å². The number of hydrogen-bond acceptors (Lipinski definition) is 2. The largest absolute Gasteiger partial charge is 0.357 e. The first kappa shape index (κ1) is 20.0. The van der Waals surface area contributed by atoms with Gasteiger partial charge in [0.2, 0.25) is 0 Å². The summed E-state index contributed by atoms with van der Waals surface area (Å²) in [6, 6.07) is 0.432. The number of likely N-dealkylation sites (tertiary alicyclic amines) is 1. The van der Waals surface area contributed by atoms with Crippen molar-refractivity contribution in [1.82, 2.24) is 15.5 Å². The molecule has 0 aliphatic carbocycles. The number of aliphatic imine (C=N–C) groups is 1. The molecule has 1 aliphatic heterocycles. The Morgan fingerprint density at radius 2 is 1.95 bits per heavy atom. The molecule has 4 nitrogen and oxygen atoms in total. The van der Waals surface area contributed by atoms with Crippen LogP contribution in [0, 0.1) is 5.92 Å². The predicted octanol–water partition coefficient (Wildman–Crippen LogP) is 2.69. The molecule has 0 atom stereocenters. The number of rotatable bonds is 6. The van der Waals surface area contributed by atoms with Gasteiger partial charge in [0.15, 0.2) is 5.96 Å². The van der Waals surface area contributed by atoms with Crippen molar-refractivity contribution in [2.24, 2.45) is 10.9 Å². The molecule has 1 aliphatic rings. The molecule has 0 amide bonds. The normalized spacial score (nSPS) is 17.9. The van der Waals surface area contributed by atoms with Crippen LogP contribution in [0.4, 0.5) is 0 Å². The standard InChI is InChI=1S/C15H32N4.HI/c1-5-16-15(18-13(2)3)17-9-6-10-19-11-7-14(4)8-12-19;/h13-14H,5-12H2,1-4H3,(H2,16,17,18);1H. The molecule has 0 aromatic rings. The monoisotopic (exact) mass is 396 g/mol. The van der Waals surface area contributed by atoms with Crippen LogP contribution in [-0.4, -0.2) is 49.6 Å². The Labute approximate surface area is 142 Å². The van der Waals surface area contributed by atoms with Gasteiger partial charge in [-0.15, -0.1) is 24.0 Å². The van der Waals surface area contributed by atoms with Crippen molar-refractivity contribution in [2.45, 2.75) is 53.0 Å². The summed E-state index contributed by atoms with van der Waals surface area (Å²) in [6.07, 6.45) is 3.88. The molecule has 0 spiro atoms. The minimum atomic E-state index is 0. The molecular formula is C15H33IN4.